The van der Waals surface area contributed by atoms with Gasteiger partial charge in [-0.15, -0.1) is 0 Å². The summed E-state index contributed by atoms with van der Waals surface area (Å²) in [6.45, 7) is 0. The molecule has 0 fully saturated rings. The molecular weight excluding hydrogens is 759 g/mol. The minimum Gasteiger partial charge on any atom is -0.309 e. The largest absolute Gasteiger partial charge is 0.309 e. The zero-order valence-electron chi connectivity index (χ0n) is 34.6. The van der Waals surface area contributed by atoms with Crippen LogP contribution in [-0.2, 0) is 0 Å². The number of nitrogens with zero attached hydrogens (tertiary/aromatic N) is 1. The molecule has 0 atom stereocenters. The molecule has 63 heavy (non-hydrogen) atoms. The van der Waals surface area contributed by atoms with E-state index < -0.39 is 0 Å². The molecule has 12 aromatic rings. The number of para-hydroxylation sites is 1. The van der Waals surface area contributed by atoms with Crippen LogP contribution in [0.5, 0.6) is 0 Å². The zero-order valence-corrected chi connectivity index (χ0v) is 34.6. The first kappa shape index (κ1) is 36.6. The van der Waals surface area contributed by atoms with Crippen molar-refractivity contribution in [2.75, 3.05) is 4.90 Å². The SMILES string of the molecule is c1ccc(-c2cc(-c3ccccc3)c3c4ccc(-c5ccc(N(c6ccccc6)c6cccc7ccccc67)c6ccccc56)cc4c4ccccc4c3c2-c2ccccc2)cc1. The Bertz CT molecular complexity index is 3650. The molecule has 0 radical (unpaired) electrons. The van der Waals surface area contributed by atoms with Crippen LogP contribution in [0.3, 0.4) is 0 Å². The van der Waals surface area contributed by atoms with Crippen molar-refractivity contribution in [2.24, 2.45) is 0 Å². The van der Waals surface area contributed by atoms with Crippen LogP contribution in [-0.4, -0.2) is 0 Å². The van der Waals surface area contributed by atoms with E-state index in [1.807, 2.05) is 0 Å². The minimum absolute atomic E-state index is 1.12. The number of anilines is 3. The van der Waals surface area contributed by atoms with Crippen molar-refractivity contribution in [2.45, 2.75) is 0 Å². The van der Waals surface area contributed by atoms with Crippen molar-refractivity contribution in [3.63, 3.8) is 0 Å². The normalized spacial score (nSPS) is 11.5. The Hall–Kier alpha value is -8.26. The van der Waals surface area contributed by atoms with Crippen LogP contribution in [0, 0.1) is 0 Å². The van der Waals surface area contributed by atoms with E-state index >= 15 is 0 Å². The summed E-state index contributed by atoms with van der Waals surface area (Å²) in [4.78, 5) is 2.42. The molecule has 294 valence electrons. The summed E-state index contributed by atoms with van der Waals surface area (Å²) in [5, 5.41) is 12.4. The number of benzene rings is 12. The van der Waals surface area contributed by atoms with Gasteiger partial charge in [0.05, 0.1) is 11.4 Å². The van der Waals surface area contributed by atoms with Crippen LogP contribution < -0.4 is 4.90 Å². The second-order valence-corrected chi connectivity index (χ2v) is 16.3. The van der Waals surface area contributed by atoms with E-state index in [1.54, 1.807) is 0 Å². The number of fused-ring (bicyclic) bond motifs is 8. The zero-order chi connectivity index (χ0) is 41.7. The van der Waals surface area contributed by atoms with Gasteiger partial charge in [-0.25, -0.2) is 0 Å². The Morgan fingerprint density at radius 3 is 1.48 bits per heavy atom. The lowest BCUT2D eigenvalue weighted by molar-refractivity contribution is 1.31. The molecule has 12 aromatic carbocycles. The first-order chi connectivity index (χ1) is 31.3. The molecule has 0 heterocycles. The maximum Gasteiger partial charge on any atom is 0.0540 e. The lowest BCUT2D eigenvalue weighted by Gasteiger charge is -2.28. The highest BCUT2D eigenvalue weighted by Gasteiger charge is 2.23. The van der Waals surface area contributed by atoms with Gasteiger partial charge in [0, 0.05) is 16.5 Å². The number of hydrogen-bond donors (Lipinski definition) is 0. The highest BCUT2D eigenvalue weighted by molar-refractivity contribution is 6.33. The highest BCUT2D eigenvalue weighted by Crippen LogP contribution is 2.50. The Balaban J connectivity index is 1.14. The first-order valence-corrected chi connectivity index (χ1v) is 21.8. The van der Waals surface area contributed by atoms with Gasteiger partial charge in [-0.3, -0.25) is 0 Å². The Morgan fingerprint density at radius 1 is 0.238 bits per heavy atom. The fraction of sp³-hybridized carbons (Fsp3) is 0. The third-order valence-electron chi connectivity index (χ3n) is 12.8. The van der Waals surface area contributed by atoms with Crippen LogP contribution in [0.4, 0.5) is 17.1 Å². The van der Waals surface area contributed by atoms with Crippen LogP contribution in [0.2, 0.25) is 0 Å². The molecule has 0 aromatic heterocycles. The van der Waals surface area contributed by atoms with Gasteiger partial charge in [-0.05, 0) is 124 Å². The Morgan fingerprint density at radius 2 is 0.762 bits per heavy atom. The van der Waals surface area contributed by atoms with Crippen LogP contribution in [0.25, 0.3) is 98.4 Å². The van der Waals surface area contributed by atoms with E-state index in [0.717, 1.165) is 17.1 Å². The van der Waals surface area contributed by atoms with Gasteiger partial charge in [0.25, 0.3) is 0 Å². The van der Waals surface area contributed by atoms with E-state index in [2.05, 4.69) is 254 Å². The van der Waals surface area contributed by atoms with Gasteiger partial charge in [0.15, 0.2) is 0 Å². The van der Waals surface area contributed by atoms with Gasteiger partial charge >= 0.3 is 0 Å². The summed E-state index contributed by atoms with van der Waals surface area (Å²) in [6.07, 6.45) is 0. The van der Waals surface area contributed by atoms with Crippen LogP contribution >= 0.6 is 0 Å². The minimum atomic E-state index is 1.12. The van der Waals surface area contributed by atoms with Gasteiger partial charge in [0.2, 0.25) is 0 Å². The molecule has 1 heteroatoms. The van der Waals surface area contributed by atoms with Crippen LogP contribution in [0.1, 0.15) is 0 Å². The molecular formula is C62H41N. The molecule has 0 bridgehead atoms. The summed E-state index contributed by atoms with van der Waals surface area (Å²) < 4.78 is 0. The van der Waals surface area contributed by atoms with Crippen molar-refractivity contribution in [1.29, 1.82) is 0 Å². The molecule has 0 amide bonds. The average molecular weight is 800 g/mol. The van der Waals surface area contributed by atoms with E-state index in [1.165, 1.54) is 98.4 Å². The molecule has 0 aliphatic heterocycles. The number of rotatable bonds is 7. The molecule has 0 spiro atoms. The van der Waals surface area contributed by atoms with Crippen molar-refractivity contribution in [1.82, 2.24) is 0 Å². The third kappa shape index (κ3) is 6.17. The topological polar surface area (TPSA) is 3.24 Å². The van der Waals surface area contributed by atoms with Gasteiger partial charge in [0.1, 0.15) is 0 Å². The quantitative estimate of drug-likeness (QED) is 0.145. The van der Waals surface area contributed by atoms with Gasteiger partial charge in [-0.2, -0.15) is 0 Å². The lowest BCUT2D eigenvalue weighted by atomic mass is 9.81. The molecule has 0 unspecified atom stereocenters. The maximum atomic E-state index is 2.44. The Labute approximate surface area is 367 Å². The van der Waals surface area contributed by atoms with E-state index in [0.29, 0.717) is 0 Å². The third-order valence-corrected chi connectivity index (χ3v) is 12.8. The van der Waals surface area contributed by atoms with Crippen LogP contribution in [0.15, 0.2) is 249 Å². The number of hydrogen-bond acceptors (Lipinski definition) is 1. The van der Waals surface area contributed by atoms with E-state index in [-0.39, 0.29) is 0 Å². The first-order valence-electron chi connectivity index (χ1n) is 21.8. The highest BCUT2D eigenvalue weighted by atomic mass is 15.1. The monoisotopic (exact) mass is 799 g/mol. The second kappa shape index (κ2) is 15.3. The molecule has 0 aliphatic carbocycles. The summed E-state index contributed by atoms with van der Waals surface area (Å²) in [7, 11) is 0. The Kier molecular flexibility index (Phi) is 8.90. The molecule has 0 saturated heterocycles. The molecule has 0 aliphatic rings. The standard InChI is InChI=1S/C62H41N/c1-5-20-43(21-6-1)55-41-56(44-22-7-2-8-23-44)61-54-37-36-46(40-57(54)51-32-16-18-34-53(51)62(61)60(55)45-25-9-3-10-26-45)48-38-39-59(52-33-17-15-31-50(48)52)63(47-28-11-4-12-29-47)58-35-19-27-42-24-13-14-30-49(42)58/h1-41H. The van der Waals surface area contributed by atoms with Gasteiger partial charge < -0.3 is 4.90 Å². The second-order valence-electron chi connectivity index (χ2n) is 16.3. The van der Waals surface area contributed by atoms with Crippen molar-refractivity contribution in [3.05, 3.63) is 249 Å². The van der Waals surface area contributed by atoms with E-state index in [4.69, 9.17) is 0 Å². The molecule has 0 saturated carbocycles. The summed E-state index contributed by atoms with van der Waals surface area (Å²) >= 11 is 0. The fourth-order valence-corrected chi connectivity index (χ4v) is 10.0. The van der Waals surface area contributed by atoms with E-state index in [9.17, 15) is 0 Å². The smallest absolute Gasteiger partial charge is 0.0540 e. The summed E-state index contributed by atoms with van der Waals surface area (Å²) in [5.74, 6) is 0. The van der Waals surface area contributed by atoms with Crippen molar-refractivity contribution < 1.29 is 0 Å². The molecule has 1 nitrogen and oxygen atoms in total. The maximum absolute atomic E-state index is 2.44. The lowest BCUT2D eigenvalue weighted by Crippen LogP contribution is -2.11. The van der Waals surface area contributed by atoms with Crippen molar-refractivity contribution in [3.8, 4) is 44.5 Å². The average Bonchev–Trinajstić information content (AvgIpc) is 3.37. The predicted octanol–water partition coefficient (Wildman–Crippen LogP) is 17.6. The summed E-state index contributed by atoms with van der Waals surface area (Å²) in [6, 6.07) is 91.0. The molecule has 0 N–H and O–H groups in total. The van der Waals surface area contributed by atoms with Gasteiger partial charge in [-0.1, -0.05) is 212 Å². The molecule has 12 rings (SSSR count). The predicted molar refractivity (Wildman–Crippen MR) is 270 cm³/mol. The summed E-state index contributed by atoms with van der Waals surface area (Å²) in [5.41, 5.74) is 13.2. The fourth-order valence-electron chi connectivity index (χ4n) is 10.0. The van der Waals surface area contributed by atoms with Crippen molar-refractivity contribution >= 4 is 70.9 Å².